The van der Waals surface area contributed by atoms with Gasteiger partial charge in [-0.15, -0.1) is 0 Å². The maximum atomic E-state index is 12.8. The highest BCUT2D eigenvalue weighted by Gasteiger charge is 2.39. The van der Waals surface area contributed by atoms with E-state index in [2.05, 4.69) is 15.7 Å². The van der Waals surface area contributed by atoms with E-state index in [0.29, 0.717) is 5.56 Å². The van der Waals surface area contributed by atoms with Crippen LogP contribution in [-0.2, 0) is 28.0 Å². The van der Waals surface area contributed by atoms with Gasteiger partial charge >= 0.3 is 11.8 Å². The number of amides is 3. The Bertz CT molecular complexity index is 947. The first kappa shape index (κ1) is 19.6. The fourth-order valence-corrected chi connectivity index (χ4v) is 3.53. The van der Waals surface area contributed by atoms with Gasteiger partial charge in [-0.25, -0.2) is 0 Å². The van der Waals surface area contributed by atoms with Crippen LogP contribution in [-0.4, -0.2) is 33.5 Å². The molecule has 2 N–H and O–H groups in total. The van der Waals surface area contributed by atoms with E-state index in [1.165, 1.54) is 0 Å². The number of nitrogens with zero attached hydrogens (tertiary/aromatic N) is 3. The lowest BCUT2D eigenvalue weighted by atomic mass is 10.1. The highest BCUT2D eigenvalue weighted by Crippen LogP contribution is 2.36. The van der Waals surface area contributed by atoms with Crippen molar-refractivity contribution < 1.29 is 14.4 Å². The molecule has 0 saturated carbocycles. The van der Waals surface area contributed by atoms with Crippen molar-refractivity contribution in [3.05, 3.63) is 46.8 Å². The summed E-state index contributed by atoms with van der Waals surface area (Å²) in [6.07, 6.45) is 0. The quantitative estimate of drug-likeness (QED) is 0.777. The molecule has 148 valence electrons. The Kier molecular flexibility index (Phi) is 5.22. The summed E-state index contributed by atoms with van der Waals surface area (Å²) < 4.78 is 1.73. The number of benzene rings is 1. The van der Waals surface area contributed by atoms with Gasteiger partial charge in [-0.1, -0.05) is 18.2 Å². The second kappa shape index (κ2) is 7.46. The van der Waals surface area contributed by atoms with Gasteiger partial charge in [0, 0.05) is 42.1 Å². The minimum Gasteiger partial charge on any atom is -0.344 e. The third-order valence-corrected chi connectivity index (χ3v) is 5.07. The molecule has 1 aromatic heterocycles. The topological polar surface area (TPSA) is 96.3 Å². The predicted molar refractivity (Wildman–Crippen MR) is 104 cm³/mol. The zero-order chi connectivity index (χ0) is 20.6. The minimum atomic E-state index is -0.862. The molecule has 1 unspecified atom stereocenters. The first-order valence-electron chi connectivity index (χ1n) is 9.22. The van der Waals surface area contributed by atoms with Gasteiger partial charge in [0.2, 0.25) is 0 Å². The van der Waals surface area contributed by atoms with Crippen LogP contribution in [0.25, 0.3) is 0 Å². The summed E-state index contributed by atoms with van der Waals surface area (Å²) in [5.74, 6) is -1.86. The van der Waals surface area contributed by atoms with Crippen LogP contribution < -0.4 is 15.5 Å². The normalized spacial score (nSPS) is 15.7. The Morgan fingerprint density at radius 3 is 2.46 bits per heavy atom. The Morgan fingerprint density at radius 1 is 1.18 bits per heavy atom. The molecule has 1 aromatic carbocycles. The lowest BCUT2D eigenvalue weighted by molar-refractivity contribution is -0.140. The predicted octanol–water partition coefficient (Wildman–Crippen LogP) is 1.27. The molecule has 0 aliphatic carbocycles. The molecule has 1 aliphatic rings. The molecule has 0 spiro atoms. The van der Waals surface area contributed by atoms with Gasteiger partial charge in [0.05, 0.1) is 5.69 Å². The van der Waals surface area contributed by atoms with Crippen molar-refractivity contribution in [3.63, 3.8) is 0 Å². The van der Waals surface area contributed by atoms with Gasteiger partial charge in [-0.3, -0.25) is 19.1 Å². The number of para-hydroxylation sites is 1. The molecular weight excluding hydrogens is 358 g/mol. The molecule has 28 heavy (non-hydrogen) atoms. The minimum absolute atomic E-state index is 0.0547. The van der Waals surface area contributed by atoms with Crippen molar-refractivity contribution >= 4 is 23.4 Å². The van der Waals surface area contributed by atoms with E-state index in [-0.39, 0.29) is 18.5 Å². The van der Waals surface area contributed by atoms with E-state index in [9.17, 15) is 14.4 Å². The van der Waals surface area contributed by atoms with Crippen LogP contribution in [0.4, 0.5) is 5.69 Å². The third kappa shape index (κ3) is 3.37. The summed E-state index contributed by atoms with van der Waals surface area (Å²) >= 11 is 0. The van der Waals surface area contributed by atoms with Gasteiger partial charge in [0.1, 0.15) is 6.04 Å². The molecule has 0 radical (unpaired) electrons. The fourth-order valence-electron chi connectivity index (χ4n) is 3.53. The lowest BCUT2D eigenvalue weighted by Crippen LogP contribution is -2.45. The van der Waals surface area contributed by atoms with E-state index in [4.69, 9.17) is 0 Å². The summed E-state index contributed by atoms with van der Waals surface area (Å²) in [7, 11) is 1.82. The number of anilines is 1. The highest BCUT2D eigenvalue weighted by molar-refractivity contribution is 6.35. The smallest absolute Gasteiger partial charge is 0.310 e. The molecule has 2 aromatic rings. The van der Waals surface area contributed by atoms with Gasteiger partial charge in [-0.05, 0) is 33.8 Å². The Balaban J connectivity index is 1.70. The number of hydrogen-bond donors (Lipinski definition) is 2. The standard InChI is InChI=1S/C20H25N5O3/c1-11(2)25-16-9-7-6-8-14(16)17(20(25)28)22-19(27)18(26)21-10-15-12(3)23-24(5)13(15)4/h6-9,11,17H,10H2,1-5H3,(H,21,26)(H,22,27). The summed E-state index contributed by atoms with van der Waals surface area (Å²) in [6, 6.07) is 6.37. The largest absolute Gasteiger partial charge is 0.344 e. The monoisotopic (exact) mass is 383 g/mol. The number of aryl methyl sites for hydroxylation is 2. The number of aromatic nitrogens is 2. The summed E-state index contributed by atoms with van der Waals surface area (Å²) in [4.78, 5) is 39.1. The zero-order valence-corrected chi connectivity index (χ0v) is 16.7. The summed E-state index contributed by atoms with van der Waals surface area (Å²) in [5.41, 5.74) is 4.05. The van der Waals surface area contributed by atoms with Gasteiger partial charge in [0.15, 0.2) is 0 Å². The first-order valence-corrected chi connectivity index (χ1v) is 9.22. The molecular formula is C20H25N5O3. The molecule has 3 amide bonds. The van der Waals surface area contributed by atoms with Crippen LogP contribution in [0.15, 0.2) is 24.3 Å². The van der Waals surface area contributed by atoms with Crippen molar-refractivity contribution in [3.8, 4) is 0 Å². The SMILES string of the molecule is Cc1nn(C)c(C)c1CNC(=O)C(=O)NC1C(=O)N(C(C)C)c2ccccc21. The number of hydrogen-bond acceptors (Lipinski definition) is 4. The number of carbonyl (C=O) groups excluding carboxylic acids is 3. The molecule has 8 nitrogen and oxygen atoms in total. The van der Waals surface area contributed by atoms with E-state index < -0.39 is 17.9 Å². The number of rotatable bonds is 4. The maximum absolute atomic E-state index is 12.8. The third-order valence-electron chi connectivity index (χ3n) is 5.07. The van der Waals surface area contributed by atoms with Gasteiger partial charge in [-0.2, -0.15) is 5.10 Å². The summed E-state index contributed by atoms with van der Waals surface area (Å²) in [5, 5.41) is 9.48. The van der Waals surface area contributed by atoms with E-state index >= 15 is 0 Å². The van der Waals surface area contributed by atoms with Gasteiger partial charge < -0.3 is 15.5 Å². The maximum Gasteiger partial charge on any atom is 0.310 e. The number of fused-ring (bicyclic) bond motifs is 1. The van der Waals surface area contributed by atoms with Crippen LogP contribution in [0.2, 0.25) is 0 Å². The van der Waals surface area contributed by atoms with Crippen LogP contribution in [0.5, 0.6) is 0 Å². The molecule has 8 heteroatoms. The molecule has 1 atom stereocenters. The fraction of sp³-hybridized carbons (Fsp3) is 0.400. The molecule has 3 rings (SSSR count). The van der Waals surface area contributed by atoms with E-state index in [0.717, 1.165) is 22.6 Å². The van der Waals surface area contributed by atoms with Crippen LogP contribution >= 0.6 is 0 Å². The average Bonchev–Trinajstić information content (AvgIpc) is 3.06. The van der Waals surface area contributed by atoms with Gasteiger partial charge in [0.25, 0.3) is 5.91 Å². The second-order valence-electron chi connectivity index (χ2n) is 7.22. The van der Waals surface area contributed by atoms with Crippen LogP contribution in [0.3, 0.4) is 0 Å². The van der Waals surface area contributed by atoms with Crippen molar-refractivity contribution in [1.29, 1.82) is 0 Å². The molecule has 1 aliphatic heterocycles. The average molecular weight is 383 g/mol. The van der Waals surface area contributed by atoms with Crippen molar-refractivity contribution in [2.75, 3.05) is 4.90 Å². The Hall–Kier alpha value is -3.16. The first-order chi connectivity index (χ1) is 13.2. The molecule has 0 fully saturated rings. The van der Waals surface area contributed by atoms with Crippen molar-refractivity contribution in [2.24, 2.45) is 7.05 Å². The number of nitrogens with one attached hydrogen (secondary N) is 2. The molecule has 0 bridgehead atoms. The molecule has 2 heterocycles. The highest BCUT2D eigenvalue weighted by atomic mass is 16.2. The summed E-state index contributed by atoms with van der Waals surface area (Å²) in [6.45, 7) is 7.76. The Morgan fingerprint density at radius 2 is 1.86 bits per heavy atom. The van der Waals surface area contributed by atoms with Crippen molar-refractivity contribution in [2.45, 2.75) is 46.3 Å². The number of carbonyl (C=O) groups is 3. The molecule has 0 saturated heterocycles. The van der Waals surface area contributed by atoms with Crippen LogP contribution in [0, 0.1) is 13.8 Å². The lowest BCUT2D eigenvalue weighted by Gasteiger charge is -2.22. The zero-order valence-electron chi connectivity index (χ0n) is 16.7. The van der Waals surface area contributed by atoms with Crippen LogP contribution in [0.1, 0.15) is 42.4 Å². The van der Waals surface area contributed by atoms with Crippen molar-refractivity contribution in [1.82, 2.24) is 20.4 Å². The van der Waals surface area contributed by atoms with E-state index in [1.54, 1.807) is 15.6 Å². The Labute approximate surface area is 163 Å². The second-order valence-corrected chi connectivity index (χ2v) is 7.22. The van der Waals surface area contributed by atoms with E-state index in [1.807, 2.05) is 52.9 Å².